The largest absolute Gasteiger partial charge is 0.324 e. The van der Waals surface area contributed by atoms with Gasteiger partial charge in [0.1, 0.15) is 0 Å². The number of aryl methyl sites for hydroxylation is 2. The number of hydrogen-bond donors (Lipinski definition) is 1. The molecule has 1 unspecified atom stereocenters. The van der Waals surface area contributed by atoms with Gasteiger partial charge in [0.25, 0.3) is 0 Å². The van der Waals surface area contributed by atoms with E-state index in [1.54, 1.807) is 0 Å². The zero-order valence-electron chi connectivity index (χ0n) is 11.7. The third-order valence-corrected chi connectivity index (χ3v) is 4.38. The van der Waals surface area contributed by atoms with E-state index in [0.29, 0.717) is 5.92 Å². The van der Waals surface area contributed by atoms with E-state index in [1.807, 2.05) is 0 Å². The van der Waals surface area contributed by atoms with Crippen molar-refractivity contribution in [2.24, 2.45) is 11.7 Å². The van der Waals surface area contributed by atoms with E-state index < -0.39 is 0 Å². The lowest BCUT2D eigenvalue weighted by Crippen LogP contribution is -2.22. The molecule has 0 aromatic heterocycles. The summed E-state index contributed by atoms with van der Waals surface area (Å²) in [5, 5.41) is 0. The maximum absolute atomic E-state index is 6.55. The molecule has 0 heterocycles. The van der Waals surface area contributed by atoms with Crippen molar-refractivity contribution in [3.8, 4) is 0 Å². The normalized spacial score (nSPS) is 16.4. The standard InChI is InChI=1S/C18H21N/c1-12-7-8-13(2)17(9-12)18(19)16-10-14-5-3-4-6-15(14)11-16/h3-9,16,18H,10-11,19H2,1-2H3. The van der Waals surface area contributed by atoms with Crippen LogP contribution in [0.2, 0.25) is 0 Å². The van der Waals surface area contributed by atoms with Gasteiger partial charge in [0.2, 0.25) is 0 Å². The monoisotopic (exact) mass is 251 g/mol. The van der Waals surface area contributed by atoms with Crippen LogP contribution >= 0.6 is 0 Å². The summed E-state index contributed by atoms with van der Waals surface area (Å²) in [7, 11) is 0. The van der Waals surface area contributed by atoms with Gasteiger partial charge in [0, 0.05) is 6.04 Å². The number of benzene rings is 2. The van der Waals surface area contributed by atoms with E-state index in [2.05, 4.69) is 56.3 Å². The minimum atomic E-state index is 0.146. The molecule has 1 atom stereocenters. The van der Waals surface area contributed by atoms with E-state index >= 15 is 0 Å². The van der Waals surface area contributed by atoms with E-state index in [0.717, 1.165) is 12.8 Å². The average molecular weight is 251 g/mol. The highest BCUT2D eigenvalue weighted by Crippen LogP contribution is 2.35. The molecule has 19 heavy (non-hydrogen) atoms. The molecule has 0 saturated heterocycles. The Morgan fingerprint density at radius 2 is 1.63 bits per heavy atom. The SMILES string of the molecule is Cc1ccc(C)c(C(N)C2Cc3ccccc3C2)c1. The second kappa shape index (κ2) is 4.82. The van der Waals surface area contributed by atoms with Crippen LogP contribution in [-0.2, 0) is 12.8 Å². The summed E-state index contributed by atoms with van der Waals surface area (Å²) in [6.45, 7) is 4.30. The molecule has 0 radical (unpaired) electrons. The van der Waals surface area contributed by atoms with Crippen LogP contribution in [0, 0.1) is 19.8 Å². The van der Waals surface area contributed by atoms with Gasteiger partial charge in [-0.25, -0.2) is 0 Å². The Kier molecular flexibility index (Phi) is 3.16. The smallest absolute Gasteiger partial charge is 0.0332 e. The highest BCUT2D eigenvalue weighted by molar-refractivity contribution is 5.37. The van der Waals surface area contributed by atoms with E-state index in [9.17, 15) is 0 Å². The van der Waals surface area contributed by atoms with E-state index in [4.69, 9.17) is 5.73 Å². The maximum Gasteiger partial charge on any atom is 0.0332 e. The summed E-state index contributed by atoms with van der Waals surface area (Å²) >= 11 is 0. The summed E-state index contributed by atoms with van der Waals surface area (Å²) in [5.41, 5.74) is 13.4. The minimum Gasteiger partial charge on any atom is -0.324 e. The van der Waals surface area contributed by atoms with Crippen molar-refractivity contribution in [1.82, 2.24) is 0 Å². The molecule has 2 aromatic rings. The molecular formula is C18H21N. The molecule has 3 rings (SSSR count). The molecule has 2 N–H and O–H groups in total. The van der Waals surface area contributed by atoms with Gasteiger partial charge in [0.05, 0.1) is 0 Å². The fraction of sp³-hybridized carbons (Fsp3) is 0.333. The molecule has 1 nitrogen and oxygen atoms in total. The first kappa shape index (κ1) is 12.4. The molecule has 1 heteroatoms. The summed E-state index contributed by atoms with van der Waals surface area (Å²) < 4.78 is 0. The summed E-state index contributed by atoms with van der Waals surface area (Å²) in [5.74, 6) is 0.540. The molecule has 0 bridgehead atoms. The molecule has 0 spiro atoms. The molecular weight excluding hydrogens is 230 g/mol. The predicted molar refractivity (Wildman–Crippen MR) is 80.2 cm³/mol. The number of rotatable bonds is 2. The van der Waals surface area contributed by atoms with Crippen molar-refractivity contribution in [1.29, 1.82) is 0 Å². The Morgan fingerprint density at radius 3 is 2.26 bits per heavy atom. The molecule has 2 aromatic carbocycles. The van der Waals surface area contributed by atoms with Crippen LogP contribution in [0.4, 0.5) is 0 Å². The van der Waals surface area contributed by atoms with Crippen LogP contribution in [0.25, 0.3) is 0 Å². The van der Waals surface area contributed by atoms with E-state index in [-0.39, 0.29) is 6.04 Å². The number of fused-ring (bicyclic) bond motifs is 1. The highest BCUT2D eigenvalue weighted by atomic mass is 14.7. The second-order valence-electron chi connectivity index (χ2n) is 5.82. The van der Waals surface area contributed by atoms with Gasteiger partial charge in [-0.05, 0) is 54.9 Å². The topological polar surface area (TPSA) is 26.0 Å². The molecule has 98 valence electrons. The Hall–Kier alpha value is -1.60. The lowest BCUT2D eigenvalue weighted by Gasteiger charge is -2.21. The van der Waals surface area contributed by atoms with Crippen molar-refractivity contribution in [3.05, 3.63) is 70.3 Å². The van der Waals surface area contributed by atoms with Crippen molar-refractivity contribution in [2.45, 2.75) is 32.7 Å². The zero-order chi connectivity index (χ0) is 13.4. The molecule has 1 aliphatic carbocycles. The maximum atomic E-state index is 6.55. The third-order valence-electron chi connectivity index (χ3n) is 4.38. The van der Waals surface area contributed by atoms with Gasteiger partial charge in [-0.3, -0.25) is 0 Å². The summed E-state index contributed by atoms with van der Waals surface area (Å²) in [6, 6.07) is 15.5. The zero-order valence-corrected chi connectivity index (χ0v) is 11.7. The first-order valence-electron chi connectivity index (χ1n) is 7.04. The van der Waals surface area contributed by atoms with E-state index in [1.165, 1.54) is 27.8 Å². The van der Waals surface area contributed by atoms with Crippen LogP contribution in [0.5, 0.6) is 0 Å². The van der Waals surface area contributed by atoms with Gasteiger partial charge < -0.3 is 5.73 Å². The molecule has 0 aliphatic heterocycles. The summed E-state index contributed by atoms with van der Waals surface area (Å²) in [4.78, 5) is 0. The Labute approximate surface area is 115 Å². The van der Waals surface area contributed by atoms with Crippen molar-refractivity contribution in [3.63, 3.8) is 0 Å². The lowest BCUT2D eigenvalue weighted by molar-refractivity contribution is 0.452. The first-order chi connectivity index (χ1) is 9.15. The highest BCUT2D eigenvalue weighted by Gasteiger charge is 2.27. The van der Waals surface area contributed by atoms with Crippen LogP contribution in [0.1, 0.15) is 33.9 Å². The van der Waals surface area contributed by atoms with Crippen molar-refractivity contribution in [2.75, 3.05) is 0 Å². The molecule has 1 aliphatic rings. The molecule has 0 saturated carbocycles. The predicted octanol–water partition coefficient (Wildman–Crippen LogP) is 3.72. The first-order valence-corrected chi connectivity index (χ1v) is 7.04. The van der Waals surface area contributed by atoms with Gasteiger partial charge in [-0.2, -0.15) is 0 Å². The van der Waals surface area contributed by atoms with Crippen LogP contribution in [0.15, 0.2) is 42.5 Å². The average Bonchev–Trinajstić information content (AvgIpc) is 2.84. The molecule has 0 fully saturated rings. The Balaban J connectivity index is 1.87. The fourth-order valence-electron chi connectivity index (χ4n) is 3.22. The van der Waals surface area contributed by atoms with Gasteiger partial charge in [0.15, 0.2) is 0 Å². The number of hydrogen-bond acceptors (Lipinski definition) is 1. The minimum absolute atomic E-state index is 0.146. The van der Waals surface area contributed by atoms with Gasteiger partial charge in [-0.15, -0.1) is 0 Å². The van der Waals surface area contributed by atoms with Gasteiger partial charge >= 0.3 is 0 Å². The quantitative estimate of drug-likeness (QED) is 0.865. The van der Waals surface area contributed by atoms with Crippen molar-refractivity contribution >= 4 is 0 Å². The van der Waals surface area contributed by atoms with Crippen LogP contribution in [0.3, 0.4) is 0 Å². The van der Waals surface area contributed by atoms with Crippen LogP contribution in [-0.4, -0.2) is 0 Å². The Morgan fingerprint density at radius 1 is 1.00 bits per heavy atom. The van der Waals surface area contributed by atoms with Crippen LogP contribution < -0.4 is 5.73 Å². The van der Waals surface area contributed by atoms with Gasteiger partial charge in [-0.1, -0.05) is 48.0 Å². The van der Waals surface area contributed by atoms with Crippen molar-refractivity contribution < 1.29 is 0 Å². The number of nitrogens with two attached hydrogens (primary N) is 1. The third kappa shape index (κ3) is 2.31. The lowest BCUT2D eigenvalue weighted by atomic mass is 9.88. The Bertz CT molecular complexity index is 575. The summed E-state index contributed by atoms with van der Waals surface area (Å²) in [6.07, 6.45) is 2.23. The fourth-order valence-corrected chi connectivity index (χ4v) is 3.22. The molecule has 0 amide bonds. The second-order valence-corrected chi connectivity index (χ2v) is 5.82.